The molecule has 3 heteroatoms. The first-order chi connectivity index (χ1) is 11.5. The van der Waals surface area contributed by atoms with Crippen molar-refractivity contribution in [2.24, 2.45) is 23.2 Å². The Balaban J connectivity index is 1.52. The van der Waals surface area contributed by atoms with Crippen LogP contribution in [0.15, 0.2) is 22.8 Å². The zero-order valence-corrected chi connectivity index (χ0v) is 15.0. The van der Waals surface area contributed by atoms with Gasteiger partial charge in [-0.05, 0) is 61.0 Å². The molecule has 0 radical (unpaired) electrons. The topological polar surface area (TPSA) is 38.7 Å². The third kappa shape index (κ3) is 2.01. The van der Waals surface area contributed by atoms with Crippen LogP contribution in [0.25, 0.3) is 0 Å². The Morgan fingerprint density at radius 3 is 2.79 bits per heavy atom. The third-order valence-corrected chi connectivity index (χ3v) is 7.92. The van der Waals surface area contributed by atoms with Crippen LogP contribution in [-0.4, -0.2) is 30.2 Å². The lowest BCUT2D eigenvalue weighted by Gasteiger charge is -2.50. The Hall–Kier alpha value is -0.640. The molecule has 0 unspecified atom stereocenters. The summed E-state index contributed by atoms with van der Waals surface area (Å²) in [6.07, 6.45) is 9.89. The van der Waals surface area contributed by atoms with Crippen LogP contribution in [0.2, 0.25) is 0 Å². The fraction of sp³-hybridized carbons (Fsp3) is 0.810. The molecule has 5 rings (SSSR count). The highest BCUT2D eigenvalue weighted by Crippen LogP contribution is 2.61. The van der Waals surface area contributed by atoms with Gasteiger partial charge in [0.2, 0.25) is 0 Å². The summed E-state index contributed by atoms with van der Waals surface area (Å²) >= 11 is 0. The lowest BCUT2D eigenvalue weighted by molar-refractivity contribution is -0.164. The molecule has 1 saturated heterocycles. The van der Waals surface area contributed by atoms with E-state index in [0.717, 1.165) is 45.3 Å². The van der Waals surface area contributed by atoms with Crippen molar-refractivity contribution >= 4 is 0 Å². The van der Waals surface area contributed by atoms with E-state index in [2.05, 4.69) is 19.9 Å². The number of rotatable bonds is 0. The maximum atomic E-state index is 10.6. The lowest BCUT2D eigenvalue weighted by Crippen LogP contribution is -2.44. The maximum absolute atomic E-state index is 10.6. The van der Waals surface area contributed by atoms with Crippen LogP contribution in [0, 0.1) is 23.2 Å². The van der Waals surface area contributed by atoms with Crippen LogP contribution < -0.4 is 0 Å². The number of hydrogen-bond donors (Lipinski definition) is 1. The molecule has 0 aromatic heterocycles. The molecule has 3 nitrogen and oxygen atoms in total. The molecule has 5 aliphatic rings. The summed E-state index contributed by atoms with van der Waals surface area (Å²) in [5.74, 6) is 1.67. The minimum atomic E-state index is -0.307. The van der Waals surface area contributed by atoms with Crippen molar-refractivity contribution in [1.29, 1.82) is 0 Å². The first kappa shape index (κ1) is 15.6. The number of fused-ring (bicyclic) bond motifs is 4. The van der Waals surface area contributed by atoms with E-state index in [-0.39, 0.29) is 17.3 Å². The fourth-order valence-corrected chi connectivity index (χ4v) is 6.65. The van der Waals surface area contributed by atoms with Gasteiger partial charge in [-0.1, -0.05) is 25.5 Å². The first-order valence-electron chi connectivity index (χ1n) is 9.90. The molecule has 24 heavy (non-hydrogen) atoms. The Kier molecular flexibility index (Phi) is 3.37. The van der Waals surface area contributed by atoms with E-state index in [1.807, 2.05) is 0 Å². The van der Waals surface area contributed by atoms with Crippen LogP contribution in [0.4, 0.5) is 0 Å². The van der Waals surface area contributed by atoms with Crippen molar-refractivity contribution < 1.29 is 14.6 Å². The first-order valence-corrected chi connectivity index (χ1v) is 9.90. The standard InChI is InChI=1S/C21H30O3/c1-13-11-14-12-21(23-9-10-24-21)8-6-15(14)16-5-7-20(2)17(19(13)16)3-4-18(20)22/h5,13,17-19,22H,3-4,6-12H2,1-2H3/t13-,17+,18+,19-,20+/m1/s1. The molecule has 5 atom stereocenters. The molecule has 1 saturated carbocycles. The van der Waals surface area contributed by atoms with E-state index in [1.54, 1.807) is 16.7 Å². The summed E-state index contributed by atoms with van der Waals surface area (Å²) in [4.78, 5) is 0. The van der Waals surface area contributed by atoms with E-state index in [0.29, 0.717) is 17.8 Å². The molecule has 1 spiro atoms. The van der Waals surface area contributed by atoms with Gasteiger partial charge in [0.25, 0.3) is 0 Å². The van der Waals surface area contributed by atoms with E-state index >= 15 is 0 Å². The van der Waals surface area contributed by atoms with Crippen molar-refractivity contribution in [3.63, 3.8) is 0 Å². The monoisotopic (exact) mass is 330 g/mol. The van der Waals surface area contributed by atoms with Gasteiger partial charge in [0, 0.05) is 18.3 Å². The van der Waals surface area contributed by atoms with E-state index < -0.39 is 0 Å². The summed E-state index contributed by atoms with van der Waals surface area (Å²) in [5, 5.41) is 10.6. The zero-order chi connectivity index (χ0) is 16.5. The second-order valence-electron chi connectivity index (χ2n) is 9.14. The average molecular weight is 330 g/mol. The van der Waals surface area contributed by atoms with Gasteiger partial charge in [0.1, 0.15) is 0 Å². The fourth-order valence-electron chi connectivity index (χ4n) is 6.65. The normalized spacial score (nSPS) is 46.5. The molecular weight excluding hydrogens is 300 g/mol. The number of aliphatic hydroxyl groups excluding tert-OH is 1. The van der Waals surface area contributed by atoms with Crippen LogP contribution >= 0.6 is 0 Å². The number of hydrogen-bond acceptors (Lipinski definition) is 3. The average Bonchev–Trinajstić information content (AvgIpc) is 3.12. The largest absolute Gasteiger partial charge is 0.393 e. The Morgan fingerprint density at radius 2 is 2.00 bits per heavy atom. The Bertz CT molecular complexity index is 613. The number of allylic oxidation sites excluding steroid dienone is 3. The maximum Gasteiger partial charge on any atom is 0.172 e. The number of ether oxygens (including phenoxy) is 2. The van der Waals surface area contributed by atoms with Crippen molar-refractivity contribution in [1.82, 2.24) is 0 Å². The molecule has 132 valence electrons. The molecular formula is C21H30O3. The summed E-state index contributed by atoms with van der Waals surface area (Å²) in [6.45, 7) is 6.26. The van der Waals surface area contributed by atoms with Crippen LogP contribution in [0.1, 0.15) is 58.8 Å². The molecule has 0 aromatic carbocycles. The molecule has 2 fully saturated rings. The highest BCUT2D eigenvalue weighted by molar-refractivity contribution is 5.45. The molecule has 0 amide bonds. The van der Waals surface area contributed by atoms with E-state index in [1.165, 1.54) is 12.8 Å². The summed E-state index contributed by atoms with van der Waals surface area (Å²) < 4.78 is 12.0. The number of aliphatic hydroxyl groups is 1. The molecule has 1 heterocycles. The highest BCUT2D eigenvalue weighted by atomic mass is 16.7. The molecule has 1 aliphatic heterocycles. The second kappa shape index (κ2) is 5.18. The van der Waals surface area contributed by atoms with Gasteiger partial charge in [-0.2, -0.15) is 0 Å². The van der Waals surface area contributed by atoms with Crippen LogP contribution in [0.5, 0.6) is 0 Å². The molecule has 1 N–H and O–H groups in total. The molecule has 4 aliphatic carbocycles. The van der Waals surface area contributed by atoms with Crippen molar-refractivity contribution in [2.75, 3.05) is 13.2 Å². The van der Waals surface area contributed by atoms with Gasteiger partial charge in [-0.15, -0.1) is 0 Å². The van der Waals surface area contributed by atoms with Gasteiger partial charge in [0.05, 0.1) is 19.3 Å². The SMILES string of the molecule is C[C@@H]1CC2=C(CCC3(C2)OCCO3)C2=CC[C@]3(C)[C@@H](O)CC[C@H]3[C@@H]21. The molecule has 0 bridgehead atoms. The summed E-state index contributed by atoms with van der Waals surface area (Å²) in [7, 11) is 0. The van der Waals surface area contributed by atoms with Gasteiger partial charge < -0.3 is 14.6 Å². The van der Waals surface area contributed by atoms with Crippen LogP contribution in [0.3, 0.4) is 0 Å². The van der Waals surface area contributed by atoms with Crippen molar-refractivity contribution in [3.8, 4) is 0 Å². The van der Waals surface area contributed by atoms with Gasteiger partial charge in [-0.3, -0.25) is 0 Å². The zero-order valence-electron chi connectivity index (χ0n) is 15.0. The third-order valence-electron chi connectivity index (χ3n) is 7.92. The predicted molar refractivity (Wildman–Crippen MR) is 92.3 cm³/mol. The Labute approximate surface area is 145 Å². The summed E-state index contributed by atoms with van der Waals surface area (Å²) in [6, 6.07) is 0. The molecule has 0 aromatic rings. The quantitative estimate of drug-likeness (QED) is 0.730. The Morgan fingerprint density at radius 1 is 1.21 bits per heavy atom. The second-order valence-corrected chi connectivity index (χ2v) is 9.14. The predicted octanol–water partition coefficient (Wildman–Crippen LogP) is 3.97. The van der Waals surface area contributed by atoms with E-state index in [4.69, 9.17) is 9.47 Å². The van der Waals surface area contributed by atoms with E-state index in [9.17, 15) is 5.11 Å². The minimum Gasteiger partial charge on any atom is -0.393 e. The highest BCUT2D eigenvalue weighted by Gasteiger charge is 2.54. The van der Waals surface area contributed by atoms with Crippen molar-refractivity contribution in [3.05, 3.63) is 22.8 Å². The van der Waals surface area contributed by atoms with Gasteiger partial charge in [-0.25, -0.2) is 0 Å². The van der Waals surface area contributed by atoms with Crippen molar-refractivity contribution in [2.45, 2.75) is 70.7 Å². The summed E-state index contributed by atoms with van der Waals surface area (Å²) in [5.41, 5.74) is 4.97. The van der Waals surface area contributed by atoms with Gasteiger partial charge in [0.15, 0.2) is 5.79 Å². The smallest absolute Gasteiger partial charge is 0.172 e. The van der Waals surface area contributed by atoms with Gasteiger partial charge >= 0.3 is 0 Å². The van der Waals surface area contributed by atoms with Crippen LogP contribution in [-0.2, 0) is 9.47 Å². The minimum absolute atomic E-state index is 0.105. The lowest BCUT2D eigenvalue weighted by atomic mass is 9.55.